The maximum absolute atomic E-state index is 12.2. The molecular weight excluding hydrogens is 260 g/mol. The molecule has 3 N–H and O–H groups in total. The lowest BCUT2D eigenvalue weighted by atomic mass is 9.88. The quantitative estimate of drug-likeness (QED) is 0.867. The van der Waals surface area contributed by atoms with E-state index in [4.69, 9.17) is 5.73 Å². The molecule has 0 spiro atoms. The first-order chi connectivity index (χ1) is 10.1. The van der Waals surface area contributed by atoms with Gasteiger partial charge >= 0.3 is 0 Å². The van der Waals surface area contributed by atoms with Crippen LogP contribution in [0.1, 0.15) is 51.5 Å². The number of hydrogen-bond acceptors (Lipinski definition) is 2. The molecule has 1 unspecified atom stereocenters. The minimum absolute atomic E-state index is 0.182. The molecule has 0 bridgehead atoms. The second-order valence-electron chi connectivity index (χ2n) is 6.63. The van der Waals surface area contributed by atoms with Gasteiger partial charge in [-0.1, -0.05) is 45.2 Å². The van der Waals surface area contributed by atoms with Gasteiger partial charge in [-0.3, -0.25) is 4.79 Å². The van der Waals surface area contributed by atoms with Crippen molar-refractivity contribution in [2.75, 3.05) is 5.32 Å². The Morgan fingerprint density at radius 1 is 1.19 bits per heavy atom. The normalized spacial score (nSPS) is 17.7. The molecule has 116 valence electrons. The average molecular weight is 288 g/mol. The van der Waals surface area contributed by atoms with Crippen LogP contribution in [0, 0.1) is 11.8 Å². The Bertz CT molecular complexity index is 447. The smallest absolute Gasteiger partial charge is 0.227 e. The van der Waals surface area contributed by atoms with Crippen LogP contribution >= 0.6 is 0 Å². The van der Waals surface area contributed by atoms with Crippen molar-refractivity contribution < 1.29 is 4.79 Å². The minimum atomic E-state index is 0.182. The van der Waals surface area contributed by atoms with Gasteiger partial charge in [0.2, 0.25) is 5.91 Å². The number of anilines is 1. The SMILES string of the molecule is CC(C)C(N)Cc1ccc(NC(=O)C2CCCCC2)cc1. The number of rotatable bonds is 5. The Morgan fingerprint density at radius 2 is 1.81 bits per heavy atom. The van der Waals surface area contributed by atoms with E-state index in [1.54, 1.807) is 0 Å². The van der Waals surface area contributed by atoms with E-state index in [1.165, 1.54) is 24.8 Å². The van der Waals surface area contributed by atoms with Gasteiger partial charge in [0, 0.05) is 17.6 Å². The lowest BCUT2D eigenvalue weighted by Gasteiger charge is -2.21. The number of hydrogen-bond donors (Lipinski definition) is 2. The Hall–Kier alpha value is -1.35. The van der Waals surface area contributed by atoms with Gasteiger partial charge < -0.3 is 11.1 Å². The highest BCUT2D eigenvalue weighted by Gasteiger charge is 2.20. The molecule has 3 heteroatoms. The van der Waals surface area contributed by atoms with Crippen LogP contribution < -0.4 is 11.1 Å². The average Bonchev–Trinajstić information content (AvgIpc) is 2.50. The van der Waals surface area contributed by atoms with Gasteiger partial charge in [0.1, 0.15) is 0 Å². The number of carbonyl (C=O) groups is 1. The minimum Gasteiger partial charge on any atom is -0.327 e. The van der Waals surface area contributed by atoms with E-state index in [9.17, 15) is 4.79 Å². The van der Waals surface area contributed by atoms with Crippen molar-refractivity contribution in [3.05, 3.63) is 29.8 Å². The molecule has 1 atom stereocenters. The Morgan fingerprint density at radius 3 is 2.38 bits per heavy atom. The standard InChI is InChI=1S/C18H28N2O/c1-13(2)17(19)12-14-8-10-16(11-9-14)20-18(21)15-6-4-3-5-7-15/h8-11,13,15,17H,3-7,12,19H2,1-2H3,(H,20,21). The Balaban J connectivity index is 1.88. The molecule has 1 aliphatic rings. The molecule has 2 rings (SSSR count). The maximum Gasteiger partial charge on any atom is 0.227 e. The molecule has 1 aromatic carbocycles. The third-order valence-electron chi connectivity index (χ3n) is 4.53. The summed E-state index contributed by atoms with van der Waals surface area (Å²) in [5.74, 6) is 0.866. The third kappa shape index (κ3) is 4.85. The number of amides is 1. The van der Waals surface area contributed by atoms with Crippen LogP contribution in [0.3, 0.4) is 0 Å². The maximum atomic E-state index is 12.2. The van der Waals surface area contributed by atoms with Crippen molar-refractivity contribution in [2.45, 2.75) is 58.4 Å². The summed E-state index contributed by atoms with van der Waals surface area (Å²) >= 11 is 0. The first kappa shape index (κ1) is 16.0. The van der Waals surface area contributed by atoms with Crippen LogP contribution in [0.25, 0.3) is 0 Å². The van der Waals surface area contributed by atoms with E-state index < -0.39 is 0 Å². The van der Waals surface area contributed by atoms with Crippen molar-refractivity contribution in [1.29, 1.82) is 0 Å². The van der Waals surface area contributed by atoms with Crippen LogP contribution in [-0.2, 0) is 11.2 Å². The summed E-state index contributed by atoms with van der Waals surface area (Å²) in [6.07, 6.45) is 6.59. The second-order valence-corrected chi connectivity index (χ2v) is 6.63. The molecular formula is C18H28N2O. The van der Waals surface area contributed by atoms with E-state index in [1.807, 2.05) is 12.1 Å². The van der Waals surface area contributed by atoms with Crippen molar-refractivity contribution in [1.82, 2.24) is 0 Å². The van der Waals surface area contributed by atoms with E-state index in [0.717, 1.165) is 24.9 Å². The molecule has 1 amide bonds. The zero-order chi connectivity index (χ0) is 15.2. The lowest BCUT2D eigenvalue weighted by Crippen LogP contribution is -2.28. The van der Waals surface area contributed by atoms with Crippen LogP contribution in [0.4, 0.5) is 5.69 Å². The second kappa shape index (κ2) is 7.60. The highest BCUT2D eigenvalue weighted by atomic mass is 16.1. The topological polar surface area (TPSA) is 55.1 Å². The fourth-order valence-electron chi connectivity index (χ4n) is 2.84. The van der Waals surface area contributed by atoms with Crippen molar-refractivity contribution in [3.8, 4) is 0 Å². The molecule has 1 fully saturated rings. The molecule has 0 aliphatic heterocycles. The Labute approximate surface area is 128 Å². The van der Waals surface area contributed by atoms with Crippen molar-refractivity contribution >= 4 is 11.6 Å². The molecule has 0 saturated heterocycles. The molecule has 0 heterocycles. The van der Waals surface area contributed by atoms with E-state index in [2.05, 4.69) is 31.3 Å². The first-order valence-electron chi connectivity index (χ1n) is 8.21. The number of nitrogens with two attached hydrogens (primary N) is 1. The zero-order valence-corrected chi connectivity index (χ0v) is 13.3. The van der Waals surface area contributed by atoms with Crippen LogP contribution in [0.5, 0.6) is 0 Å². The number of benzene rings is 1. The van der Waals surface area contributed by atoms with Crippen LogP contribution in [0.15, 0.2) is 24.3 Å². The summed E-state index contributed by atoms with van der Waals surface area (Å²) in [5, 5.41) is 3.04. The van der Waals surface area contributed by atoms with E-state index >= 15 is 0 Å². The highest BCUT2D eigenvalue weighted by molar-refractivity contribution is 5.92. The summed E-state index contributed by atoms with van der Waals surface area (Å²) in [4.78, 5) is 12.2. The summed E-state index contributed by atoms with van der Waals surface area (Å²) in [7, 11) is 0. The number of carbonyl (C=O) groups excluding carboxylic acids is 1. The molecule has 1 saturated carbocycles. The number of nitrogens with one attached hydrogen (secondary N) is 1. The van der Waals surface area contributed by atoms with Gasteiger partial charge in [-0.15, -0.1) is 0 Å². The molecule has 1 aliphatic carbocycles. The molecule has 1 aromatic rings. The largest absolute Gasteiger partial charge is 0.327 e. The fraction of sp³-hybridized carbons (Fsp3) is 0.611. The zero-order valence-electron chi connectivity index (χ0n) is 13.3. The van der Waals surface area contributed by atoms with Gasteiger partial charge in [0.05, 0.1) is 0 Å². The molecule has 21 heavy (non-hydrogen) atoms. The predicted octanol–water partition coefficient (Wildman–Crippen LogP) is 3.73. The van der Waals surface area contributed by atoms with Crippen molar-refractivity contribution in [3.63, 3.8) is 0 Å². The van der Waals surface area contributed by atoms with Crippen LogP contribution in [0.2, 0.25) is 0 Å². The Kier molecular flexibility index (Phi) is 5.80. The summed E-state index contributed by atoms with van der Waals surface area (Å²) in [6.45, 7) is 4.28. The van der Waals surface area contributed by atoms with Gasteiger partial charge in [-0.2, -0.15) is 0 Å². The van der Waals surface area contributed by atoms with Crippen molar-refractivity contribution in [2.24, 2.45) is 17.6 Å². The predicted molar refractivity (Wildman–Crippen MR) is 88.2 cm³/mol. The van der Waals surface area contributed by atoms with Gasteiger partial charge in [0.15, 0.2) is 0 Å². The first-order valence-corrected chi connectivity index (χ1v) is 8.21. The monoisotopic (exact) mass is 288 g/mol. The molecule has 0 radical (unpaired) electrons. The summed E-state index contributed by atoms with van der Waals surface area (Å²) in [6, 6.07) is 8.30. The van der Waals surface area contributed by atoms with Crippen LogP contribution in [-0.4, -0.2) is 11.9 Å². The van der Waals surface area contributed by atoms with Gasteiger partial charge in [0.25, 0.3) is 0 Å². The summed E-state index contributed by atoms with van der Waals surface area (Å²) in [5.41, 5.74) is 8.22. The van der Waals surface area contributed by atoms with E-state index in [0.29, 0.717) is 5.92 Å². The third-order valence-corrected chi connectivity index (χ3v) is 4.53. The fourth-order valence-corrected chi connectivity index (χ4v) is 2.84. The molecule has 0 aromatic heterocycles. The highest BCUT2D eigenvalue weighted by Crippen LogP contribution is 2.25. The van der Waals surface area contributed by atoms with Gasteiger partial charge in [-0.05, 0) is 42.9 Å². The van der Waals surface area contributed by atoms with Gasteiger partial charge in [-0.25, -0.2) is 0 Å². The molecule has 3 nitrogen and oxygen atoms in total. The van der Waals surface area contributed by atoms with E-state index in [-0.39, 0.29) is 17.9 Å². The summed E-state index contributed by atoms with van der Waals surface area (Å²) < 4.78 is 0. The lowest BCUT2D eigenvalue weighted by molar-refractivity contribution is -0.120.